The fourth-order valence-electron chi connectivity index (χ4n) is 3.60. The smallest absolute Gasteiger partial charge is 0.251 e. The van der Waals surface area contributed by atoms with Crippen molar-refractivity contribution in [1.29, 1.82) is 0 Å². The average molecular weight is 401 g/mol. The van der Waals surface area contributed by atoms with E-state index < -0.39 is 9.84 Å². The molecular weight excluding hydrogens is 372 g/mol. The molecule has 1 amide bonds. The molecule has 5 nitrogen and oxygen atoms in total. The Bertz CT molecular complexity index is 950. The zero-order valence-electron chi connectivity index (χ0n) is 16.7. The Labute approximate surface area is 167 Å². The highest BCUT2D eigenvalue weighted by Crippen LogP contribution is 2.29. The van der Waals surface area contributed by atoms with Gasteiger partial charge in [-0.25, -0.2) is 8.42 Å². The summed E-state index contributed by atoms with van der Waals surface area (Å²) in [4.78, 5) is 12.9. The van der Waals surface area contributed by atoms with Gasteiger partial charge in [-0.3, -0.25) is 4.79 Å². The molecule has 0 saturated heterocycles. The van der Waals surface area contributed by atoms with Crippen molar-refractivity contribution in [1.82, 2.24) is 10.6 Å². The molecule has 0 bridgehead atoms. The Kier molecular flexibility index (Phi) is 6.20. The van der Waals surface area contributed by atoms with Crippen LogP contribution >= 0.6 is 0 Å². The molecule has 0 spiro atoms. The molecule has 0 radical (unpaired) electrons. The standard InChI is InChI=1S/C22H28N2O3S/c1-4-28(26,27)19-8-5-16(6-9-19)14-24-22(25)18-7-10-20-17(13-18)11-12-23-21(20)15(2)3/h5-10,13,15,21,23H,4,11-12,14H2,1-3H3,(H,24,25)/t21-/m0/s1. The van der Waals surface area contributed by atoms with Crippen LogP contribution in [0, 0.1) is 5.92 Å². The first-order chi connectivity index (χ1) is 13.3. The molecule has 2 N–H and O–H groups in total. The number of carbonyl (C=O) groups excluding carboxylic acids is 1. The van der Waals surface area contributed by atoms with E-state index in [4.69, 9.17) is 0 Å². The number of amides is 1. The van der Waals surface area contributed by atoms with E-state index in [9.17, 15) is 13.2 Å². The molecule has 0 aliphatic carbocycles. The van der Waals surface area contributed by atoms with Gasteiger partial charge in [0.25, 0.3) is 5.91 Å². The predicted octanol–water partition coefficient (Wildman–Crippen LogP) is 3.25. The lowest BCUT2D eigenvalue weighted by Gasteiger charge is -2.30. The highest BCUT2D eigenvalue weighted by molar-refractivity contribution is 7.91. The van der Waals surface area contributed by atoms with Crippen molar-refractivity contribution in [2.75, 3.05) is 12.3 Å². The van der Waals surface area contributed by atoms with Crippen molar-refractivity contribution < 1.29 is 13.2 Å². The minimum atomic E-state index is -3.20. The van der Waals surface area contributed by atoms with Gasteiger partial charge in [0.05, 0.1) is 10.6 Å². The largest absolute Gasteiger partial charge is 0.348 e. The predicted molar refractivity (Wildman–Crippen MR) is 111 cm³/mol. The van der Waals surface area contributed by atoms with E-state index in [0.717, 1.165) is 18.5 Å². The summed E-state index contributed by atoms with van der Waals surface area (Å²) in [5.41, 5.74) is 4.04. The Morgan fingerprint density at radius 1 is 1.18 bits per heavy atom. The molecule has 0 aromatic heterocycles. The van der Waals surface area contributed by atoms with E-state index in [1.54, 1.807) is 31.2 Å². The lowest BCUT2D eigenvalue weighted by molar-refractivity contribution is 0.0950. The monoisotopic (exact) mass is 400 g/mol. The van der Waals surface area contributed by atoms with Gasteiger partial charge in [-0.2, -0.15) is 0 Å². The number of nitrogens with one attached hydrogen (secondary N) is 2. The Balaban J connectivity index is 1.67. The maximum absolute atomic E-state index is 12.6. The second-order valence-electron chi connectivity index (χ2n) is 7.57. The van der Waals surface area contributed by atoms with Gasteiger partial charge in [0.1, 0.15) is 0 Å². The SMILES string of the molecule is CCS(=O)(=O)c1ccc(CNC(=O)c2ccc3c(c2)CCN[C@H]3C(C)C)cc1. The Hall–Kier alpha value is -2.18. The molecule has 0 fully saturated rings. The van der Waals surface area contributed by atoms with E-state index in [1.807, 2.05) is 12.1 Å². The number of carbonyl (C=O) groups is 1. The van der Waals surface area contributed by atoms with Gasteiger partial charge in [0, 0.05) is 18.2 Å². The van der Waals surface area contributed by atoms with Gasteiger partial charge >= 0.3 is 0 Å². The van der Waals surface area contributed by atoms with Crippen molar-refractivity contribution in [2.45, 2.75) is 44.7 Å². The van der Waals surface area contributed by atoms with E-state index >= 15 is 0 Å². The third-order valence-electron chi connectivity index (χ3n) is 5.28. The molecule has 1 atom stereocenters. The van der Waals surface area contributed by atoms with Crippen LogP contribution in [-0.4, -0.2) is 26.6 Å². The van der Waals surface area contributed by atoms with Crippen LogP contribution in [0.3, 0.4) is 0 Å². The maximum atomic E-state index is 12.6. The van der Waals surface area contributed by atoms with Crippen LogP contribution in [0.4, 0.5) is 0 Å². The van der Waals surface area contributed by atoms with Crippen LogP contribution in [0.5, 0.6) is 0 Å². The van der Waals surface area contributed by atoms with Crippen LogP contribution in [-0.2, 0) is 22.8 Å². The summed E-state index contributed by atoms with van der Waals surface area (Å²) in [5, 5.41) is 6.47. The van der Waals surface area contributed by atoms with Gasteiger partial charge < -0.3 is 10.6 Å². The van der Waals surface area contributed by atoms with E-state index in [-0.39, 0.29) is 11.7 Å². The van der Waals surface area contributed by atoms with Crippen molar-refractivity contribution in [2.24, 2.45) is 5.92 Å². The maximum Gasteiger partial charge on any atom is 0.251 e. The fourth-order valence-corrected chi connectivity index (χ4v) is 4.48. The molecule has 6 heteroatoms. The third-order valence-corrected chi connectivity index (χ3v) is 7.03. The van der Waals surface area contributed by atoms with Gasteiger partial charge in [-0.1, -0.05) is 39.0 Å². The Morgan fingerprint density at radius 2 is 1.89 bits per heavy atom. The summed E-state index contributed by atoms with van der Waals surface area (Å²) < 4.78 is 23.7. The molecular formula is C22H28N2O3S. The van der Waals surface area contributed by atoms with Crippen LogP contribution in [0.2, 0.25) is 0 Å². The van der Waals surface area contributed by atoms with Gasteiger partial charge in [-0.05, 0) is 59.8 Å². The molecule has 0 saturated carbocycles. The fraction of sp³-hybridized carbons (Fsp3) is 0.409. The average Bonchev–Trinajstić information content (AvgIpc) is 2.71. The molecule has 150 valence electrons. The normalized spacial score (nSPS) is 16.6. The lowest BCUT2D eigenvalue weighted by Crippen LogP contribution is -2.33. The van der Waals surface area contributed by atoms with Crippen molar-refractivity contribution in [3.63, 3.8) is 0 Å². The van der Waals surface area contributed by atoms with E-state index in [2.05, 4.69) is 30.5 Å². The second-order valence-corrected chi connectivity index (χ2v) is 9.85. The summed E-state index contributed by atoms with van der Waals surface area (Å²) in [7, 11) is -3.20. The third kappa shape index (κ3) is 4.45. The zero-order valence-corrected chi connectivity index (χ0v) is 17.5. The van der Waals surface area contributed by atoms with Crippen LogP contribution in [0.1, 0.15) is 53.9 Å². The summed E-state index contributed by atoms with van der Waals surface area (Å²) >= 11 is 0. The van der Waals surface area contributed by atoms with Gasteiger partial charge in [0.2, 0.25) is 0 Å². The number of rotatable bonds is 6. The molecule has 2 aromatic carbocycles. The molecule has 1 heterocycles. The highest BCUT2D eigenvalue weighted by atomic mass is 32.2. The number of hydrogen-bond donors (Lipinski definition) is 2. The van der Waals surface area contributed by atoms with Gasteiger partial charge in [-0.15, -0.1) is 0 Å². The summed E-state index contributed by atoms with van der Waals surface area (Å²) in [5.74, 6) is 0.458. The first-order valence-corrected chi connectivity index (χ1v) is 11.4. The van der Waals surface area contributed by atoms with Crippen LogP contribution in [0.25, 0.3) is 0 Å². The summed E-state index contributed by atoms with van der Waals surface area (Å²) in [6.45, 7) is 7.31. The Morgan fingerprint density at radius 3 is 2.54 bits per heavy atom. The molecule has 1 aliphatic heterocycles. The van der Waals surface area contributed by atoms with E-state index in [1.165, 1.54) is 11.1 Å². The lowest BCUT2D eigenvalue weighted by atomic mass is 9.87. The number of benzene rings is 2. The van der Waals surface area contributed by atoms with Crippen molar-refractivity contribution >= 4 is 15.7 Å². The van der Waals surface area contributed by atoms with E-state index in [0.29, 0.717) is 29.0 Å². The van der Waals surface area contributed by atoms with Crippen molar-refractivity contribution in [3.05, 3.63) is 64.7 Å². The number of sulfone groups is 1. The highest BCUT2D eigenvalue weighted by Gasteiger charge is 2.23. The molecule has 3 rings (SSSR count). The molecule has 2 aromatic rings. The summed E-state index contributed by atoms with van der Waals surface area (Å²) in [6, 6.07) is 13.0. The van der Waals surface area contributed by atoms with Crippen LogP contribution < -0.4 is 10.6 Å². The van der Waals surface area contributed by atoms with Crippen molar-refractivity contribution in [3.8, 4) is 0 Å². The number of fused-ring (bicyclic) bond motifs is 1. The quantitative estimate of drug-likeness (QED) is 0.780. The summed E-state index contributed by atoms with van der Waals surface area (Å²) in [6.07, 6.45) is 0.924. The van der Waals surface area contributed by atoms with Gasteiger partial charge in [0.15, 0.2) is 9.84 Å². The second kappa shape index (κ2) is 8.45. The first-order valence-electron chi connectivity index (χ1n) is 9.78. The minimum Gasteiger partial charge on any atom is -0.348 e. The molecule has 0 unspecified atom stereocenters. The molecule has 28 heavy (non-hydrogen) atoms. The van der Waals surface area contributed by atoms with Crippen LogP contribution in [0.15, 0.2) is 47.4 Å². The minimum absolute atomic E-state index is 0.0780. The molecule has 1 aliphatic rings. The topological polar surface area (TPSA) is 75.3 Å². The number of hydrogen-bond acceptors (Lipinski definition) is 4. The zero-order chi connectivity index (χ0) is 20.3. The first kappa shape index (κ1) is 20.6.